The molecule has 0 radical (unpaired) electrons. The van der Waals surface area contributed by atoms with Gasteiger partial charge in [-0.1, -0.05) is 12.1 Å². The molecule has 1 atom stereocenters. The molecule has 0 spiro atoms. The molecule has 2 heterocycles. The molecule has 1 aliphatic heterocycles. The van der Waals surface area contributed by atoms with Crippen LogP contribution in [0, 0.1) is 0 Å². The number of hydrogen-bond donors (Lipinski definition) is 1. The average Bonchev–Trinajstić information content (AvgIpc) is 2.77. The Kier molecular flexibility index (Phi) is 6.12. The van der Waals surface area contributed by atoms with Gasteiger partial charge in [-0.15, -0.1) is 0 Å². The van der Waals surface area contributed by atoms with Crippen molar-refractivity contribution in [3.8, 4) is 5.75 Å². The number of carbonyl (C=O) groups is 3. The Morgan fingerprint density at radius 1 is 1.12 bits per heavy atom. The quantitative estimate of drug-likeness (QED) is 0.453. The van der Waals surface area contributed by atoms with Crippen molar-refractivity contribution in [3.05, 3.63) is 64.5 Å². The van der Waals surface area contributed by atoms with Gasteiger partial charge in [0.2, 0.25) is 5.91 Å². The number of benzene rings is 2. The highest BCUT2D eigenvalue weighted by atomic mass is 16.5. The molecule has 9 nitrogen and oxygen atoms in total. The van der Waals surface area contributed by atoms with Gasteiger partial charge in [0.15, 0.2) is 6.10 Å². The summed E-state index contributed by atoms with van der Waals surface area (Å²) in [6.07, 6.45) is -0.674. The summed E-state index contributed by atoms with van der Waals surface area (Å²) in [7, 11) is 0. The molecule has 2 amide bonds. The highest BCUT2D eigenvalue weighted by Gasteiger charge is 2.31. The van der Waals surface area contributed by atoms with Gasteiger partial charge in [-0.3, -0.25) is 14.4 Å². The molecule has 0 fully saturated rings. The van der Waals surface area contributed by atoms with Gasteiger partial charge in [-0.25, -0.2) is 4.79 Å². The monoisotopic (exact) mass is 450 g/mol. The summed E-state index contributed by atoms with van der Waals surface area (Å²) in [6.45, 7) is 3.04. The standard InChI is InChI=1S/C24H22N2O7/c1-14-24(30)26(19-5-3-4-6-20(19)32-14)10-9-22(28)31-13-16-11-23(29)33-21-12-17(25-15(2)27)7-8-18(16)21/h3-8,11-12,14H,9-10,13H2,1-2H3,(H,25,27). The molecule has 0 saturated heterocycles. The molecular weight excluding hydrogens is 428 g/mol. The van der Waals surface area contributed by atoms with E-state index in [0.717, 1.165) is 0 Å². The van der Waals surface area contributed by atoms with Crippen LogP contribution >= 0.6 is 0 Å². The Balaban J connectivity index is 1.44. The fourth-order valence-corrected chi connectivity index (χ4v) is 3.65. The maximum atomic E-state index is 12.5. The van der Waals surface area contributed by atoms with Gasteiger partial charge < -0.3 is 24.1 Å². The second kappa shape index (κ2) is 9.15. The molecule has 4 rings (SSSR count). The highest BCUT2D eigenvalue weighted by Crippen LogP contribution is 2.33. The molecule has 9 heteroatoms. The zero-order chi connectivity index (χ0) is 23.5. The van der Waals surface area contributed by atoms with Crippen LogP contribution in [0.15, 0.2) is 57.7 Å². The van der Waals surface area contributed by atoms with Gasteiger partial charge in [0.25, 0.3) is 5.91 Å². The maximum Gasteiger partial charge on any atom is 0.336 e. The van der Waals surface area contributed by atoms with Crippen LogP contribution in [0.5, 0.6) is 5.75 Å². The molecule has 0 saturated carbocycles. The van der Waals surface area contributed by atoms with Crippen molar-refractivity contribution < 1.29 is 28.3 Å². The van der Waals surface area contributed by atoms with Crippen molar-refractivity contribution in [2.24, 2.45) is 0 Å². The Labute approximate surface area is 188 Å². The number of ether oxygens (including phenoxy) is 2. The van der Waals surface area contributed by atoms with Gasteiger partial charge in [-0.05, 0) is 31.2 Å². The Morgan fingerprint density at radius 2 is 1.91 bits per heavy atom. The minimum absolute atomic E-state index is 0.0289. The van der Waals surface area contributed by atoms with Gasteiger partial charge in [0, 0.05) is 42.2 Å². The number of hydrogen-bond acceptors (Lipinski definition) is 7. The largest absolute Gasteiger partial charge is 0.479 e. The van der Waals surface area contributed by atoms with Crippen molar-refractivity contribution in [2.45, 2.75) is 33.0 Å². The van der Waals surface area contributed by atoms with Crippen LogP contribution in [0.4, 0.5) is 11.4 Å². The van der Waals surface area contributed by atoms with Crippen LogP contribution in [-0.2, 0) is 25.7 Å². The molecule has 1 aromatic heterocycles. The number of rotatable bonds is 6. The zero-order valence-corrected chi connectivity index (χ0v) is 18.1. The first kappa shape index (κ1) is 22.1. The molecule has 1 aliphatic rings. The second-order valence-electron chi connectivity index (χ2n) is 7.61. The molecule has 1 N–H and O–H groups in total. The van der Waals surface area contributed by atoms with E-state index < -0.39 is 17.7 Å². The second-order valence-corrected chi connectivity index (χ2v) is 7.61. The number of esters is 1. The molecule has 0 bridgehead atoms. The van der Waals surface area contributed by atoms with Gasteiger partial charge in [0.05, 0.1) is 12.1 Å². The van der Waals surface area contributed by atoms with E-state index in [4.69, 9.17) is 13.9 Å². The summed E-state index contributed by atoms with van der Waals surface area (Å²) in [5.41, 5.74) is 1.24. The lowest BCUT2D eigenvalue weighted by Crippen LogP contribution is -2.45. The lowest BCUT2D eigenvalue weighted by Gasteiger charge is -2.32. The highest BCUT2D eigenvalue weighted by molar-refractivity contribution is 6.00. The molecule has 1 unspecified atom stereocenters. The summed E-state index contributed by atoms with van der Waals surface area (Å²) in [6, 6.07) is 13.3. The number of amides is 2. The Hall–Kier alpha value is -4.14. The van der Waals surface area contributed by atoms with Crippen molar-refractivity contribution in [2.75, 3.05) is 16.8 Å². The van der Waals surface area contributed by atoms with Crippen molar-refractivity contribution >= 4 is 40.1 Å². The molecule has 170 valence electrons. The predicted molar refractivity (Wildman–Crippen MR) is 120 cm³/mol. The molecule has 33 heavy (non-hydrogen) atoms. The number of nitrogens with one attached hydrogen (secondary N) is 1. The van der Waals surface area contributed by atoms with E-state index in [1.807, 2.05) is 6.07 Å². The minimum atomic E-state index is -0.645. The van der Waals surface area contributed by atoms with Crippen LogP contribution in [0.3, 0.4) is 0 Å². The third-order valence-corrected chi connectivity index (χ3v) is 5.15. The minimum Gasteiger partial charge on any atom is -0.479 e. The van der Waals surface area contributed by atoms with E-state index in [-0.39, 0.29) is 37.0 Å². The smallest absolute Gasteiger partial charge is 0.336 e. The maximum absolute atomic E-state index is 12.5. The van der Waals surface area contributed by atoms with E-state index in [2.05, 4.69) is 5.32 Å². The van der Waals surface area contributed by atoms with Crippen LogP contribution in [0.1, 0.15) is 25.8 Å². The first-order valence-electron chi connectivity index (χ1n) is 10.4. The fraction of sp³-hybridized carbons (Fsp3) is 0.250. The first-order chi connectivity index (χ1) is 15.8. The van der Waals surface area contributed by atoms with Crippen LogP contribution < -0.4 is 20.6 Å². The molecular formula is C24H22N2O7. The molecule has 0 aliphatic carbocycles. The first-order valence-corrected chi connectivity index (χ1v) is 10.4. The number of carbonyl (C=O) groups excluding carboxylic acids is 3. The topological polar surface area (TPSA) is 115 Å². The number of anilines is 2. The summed E-state index contributed by atoms with van der Waals surface area (Å²) in [5, 5.41) is 3.21. The lowest BCUT2D eigenvalue weighted by molar-refractivity contribution is -0.144. The summed E-state index contributed by atoms with van der Waals surface area (Å²) in [4.78, 5) is 49.7. The summed E-state index contributed by atoms with van der Waals surface area (Å²) in [5.74, 6) is -0.421. The Bertz CT molecular complexity index is 1300. The van der Waals surface area contributed by atoms with E-state index in [1.54, 1.807) is 37.3 Å². The average molecular weight is 450 g/mol. The number of nitrogens with zero attached hydrogens (tertiary/aromatic N) is 1. The Morgan fingerprint density at radius 3 is 2.70 bits per heavy atom. The fourth-order valence-electron chi connectivity index (χ4n) is 3.65. The van der Waals surface area contributed by atoms with E-state index in [1.165, 1.54) is 24.0 Å². The van der Waals surface area contributed by atoms with E-state index >= 15 is 0 Å². The van der Waals surface area contributed by atoms with E-state index in [9.17, 15) is 19.2 Å². The number of fused-ring (bicyclic) bond motifs is 2. The van der Waals surface area contributed by atoms with E-state index in [0.29, 0.717) is 28.1 Å². The normalized spacial score (nSPS) is 15.0. The van der Waals surface area contributed by atoms with Gasteiger partial charge >= 0.3 is 11.6 Å². The summed E-state index contributed by atoms with van der Waals surface area (Å²) >= 11 is 0. The van der Waals surface area contributed by atoms with Crippen molar-refractivity contribution in [1.82, 2.24) is 0 Å². The third kappa shape index (κ3) is 4.87. The zero-order valence-electron chi connectivity index (χ0n) is 18.1. The molecule has 2 aromatic carbocycles. The van der Waals surface area contributed by atoms with Crippen molar-refractivity contribution in [1.29, 1.82) is 0 Å². The SMILES string of the molecule is CC(=O)Nc1ccc2c(COC(=O)CCN3C(=O)C(C)Oc4ccccc43)cc(=O)oc2c1. The third-order valence-electron chi connectivity index (χ3n) is 5.15. The van der Waals surface area contributed by atoms with Crippen LogP contribution in [0.25, 0.3) is 11.0 Å². The van der Waals surface area contributed by atoms with Crippen LogP contribution in [-0.4, -0.2) is 30.4 Å². The van der Waals surface area contributed by atoms with Gasteiger partial charge in [-0.2, -0.15) is 0 Å². The number of para-hydroxylation sites is 2. The summed E-state index contributed by atoms with van der Waals surface area (Å²) < 4.78 is 16.2. The molecule has 3 aromatic rings. The lowest BCUT2D eigenvalue weighted by atomic mass is 10.1. The van der Waals surface area contributed by atoms with Gasteiger partial charge in [0.1, 0.15) is 17.9 Å². The van der Waals surface area contributed by atoms with Crippen molar-refractivity contribution in [3.63, 3.8) is 0 Å². The van der Waals surface area contributed by atoms with Crippen LogP contribution in [0.2, 0.25) is 0 Å². The predicted octanol–water partition coefficient (Wildman–Crippen LogP) is 3.00.